The van der Waals surface area contributed by atoms with Crippen molar-refractivity contribution in [2.45, 2.75) is 13.5 Å². The van der Waals surface area contributed by atoms with E-state index >= 15 is 0 Å². The highest BCUT2D eigenvalue weighted by Crippen LogP contribution is 2.28. The minimum absolute atomic E-state index is 0.172. The largest absolute Gasteiger partial charge is 0.340 e. The van der Waals surface area contributed by atoms with Gasteiger partial charge in [0, 0.05) is 29.1 Å². The summed E-state index contributed by atoms with van der Waals surface area (Å²) in [7, 11) is 0. The van der Waals surface area contributed by atoms with E-state index in [-0.39, 0.29) is 5.91 Å². The fourth-order valence-corrected chi connectivity index (χ4v) is 3.07. The third-order valence-electron chi connectivity index (χ3n) is 4.26. The third kappa shape index (κ3) is 2.80. The zero-order valence-corrected chi connectivity index (χ0v) is 13.9. The highest BCUT2D eigenvalue weighted by atomic mass is 16.1. The zero-order valence-electron chi connectivity index (χ0n) is 13.9. The Morgan fingerprint density at radius 3 is 2.64 bits per heavy atom. The van der Waals surface area contributed by atoms with Crippen molar-refractivity contribution in [2.24, 2.45) is 0 Å². The number of fused-ring (bicyclic) bond motifs is 1. The quantitative estimate of drug-likeness (QED) is 0.586. The molecule has 4 aromatic rings. The maximum Gasteiger partial charge on any atom is 0.256 e. The van der Waals surface area contributed by atoms with Crippen LogP contribution in [0, 0.1) is 0 Å². The first kappa shape index (κ1) is 15.2. The van der Waals surface area contributed by atoms with Gasteiger partial charge in [-0.15, -0.1) is 0 Å². The molecule has 0 spiro atoms. The first-order valence-corrected chi connectivity index (χ1v) is 8.26. The summed E-state index contributed by atoms with van der Waals surface area (Å²) in [4.78, 5) is 12.3. The van der Waals surface area contributed by atoms with E-state index in [4.69, 9.17) is 0 Å². The molecule has 0 saturated carbocycles. The maximum absolute atomic E-state index is 12.3. The van der Waals surface area contributed by atoms with Gasteiger partial charge in [0.15, 0.2) is 5.82 Å². The number of carbonyl (C=O) groups is 1. The van der Waals surface area contributed by atoms with E-state index in [0.717, 1.165) is 17.9 Å². The Morgan fingerprint density at radius 1 is 1.08 bits per heavy atom. The van der Waals surface area contributed by atoms with Crippen LogP contribution in [0.15, 0.2) is 66.7 Å². The molecule has 4 rings (SSSR count). The number of anilines is 1. The molecule has 0 fully saturated rings. The van der Waals surface area contributed by atoms with Gasteiger partial charge < -0.3 is 9.88 Å². The summed E-state index contributed by atoms with van der Waals surface area (Å²) >= 11 is 0. The van der Waals surface area contributed by atoms with Crippen molar-refractivity contribution in [3.63, 3.8) is 0 Å². The first-order valence-electron chi connectivity index (χ1n) is 8.26. The Bertz CT molecular complexity index is 1030. The predicted molar refractivity (Wildman–Crippen MR) is 99.6 cm³/mol. The lowest BCUT2D eigenvalue weighted by Crippen LogP contribution is -2.11. The molecule has 2 aromatic carbocycles. The normalized spacial score (nSPS) is 10.9. The molecule has 0 aliphatic heterocycles. The van der Waals surface area contributed by atoms with Gasteiger partial charge >= 0.3 is 0 Å². The number of amides is 1. The zero-order chi connectivity index (χ0) is 17.2. The van der Waals surface area contributed by atoms with Crippen LogP contribution in [0.3, 0.4) is 0 Å². The standard InChI is InChI=1S/C20H18N4O/c1-2-24-17-11-7-6-10-15(17)12-18(24)16-13-19(23-22-16)21-20(25)14-8-4-3-5-9-14/h3-13H,2H2,1H3,(H2,21,22,23,25). The summed E-state index contributed by atoms with van der Waals surface area (Å²) in [6.45, 7) is 2.97. The second-order valence-corrected chi connectivity index (χ2v) is 5.82. The minimum Gasteiger partial charge on any atom is -0.340 e. The van der Waals surface area contributed by atoms with Crippen LogP contribution in [0.25, 0.3) is 22.3 Å². The minimum atomic E-state index is -0.172. The van der Waals surface area contributed by atoms with Crippen molar-refractivity contribution in [1.82, 2.24) is 14.8 Å². The lowest BCUT2D eigenvalue weighted by molar-refractivity contribution is 0.102. The lowest BCUT2D eigenvalue weighted by atomic mass is 10.2. The average molecular weight is 330 g/mol. The number of rotatable bonds is 4. The topological polar surface area (TPSA) is 62.7 Å². The molecule has 0 radical (unpaired) electrons. The second-order valence-electron chi connectivity index (χ2n) is 5.82. The van der Waals surface area contributed by atoms with Crippen molar-refractivity contribution >= 4 is 22.6 Å². The summed E-state index contributed by atoms with van der Waals surface area (Å²) in [6.07, 6.45) is 0. The average Bonchev–Trinajstić information content (AvgIpc) is 3.26. The molecule has 5 heteroatoms. The highest BCUT2D eigenvalue weighted by molar-refractivity contribution is 6.04. The van der Waals surface area contributed by atoms with Crippen LogP contribution in [-0.2, 0) is 6.54 Å². The Kier molecular flexibility index (Phi) is 3.82. The summed E-state index contributed by atoms with van der Waals surface area (Å²) in [5.41, 5.74) is 3.72. The molecular formula is C20H18N4O. The van der Waals surface area contributed by atoms with E-state index in [0.29, 0.717) is 11.4 Å². The molecule has 5 nitrogen and oxygen atoms in total. The number of hydrogen-bond donors (Lipinski definition) is 2. The van der Waals surface area contributed by atoms with E-state index in [1.165, 1.54) is 10.9 Å². The van der Waals surface area contributed by atoms with Crippen LogP contribution in [0.2, 0.25) is 0 Å². The summed E-state index contributed by atoms with van der Waals surface area (Å²) in [5.74, 6) is 0.339. The fourth-order valence-electron chi connectivity index (χ4n) is 3.07. The molecule has 0 aliphatic carbocycles. The van der Waals surface area contributed by atoms with Gasteiger partial charge in [0.05, 0.1) is 11.4 Å². The van der Waals surface area contributed by atoms with E-state index in [1.807, 2.05) is 36.4 Å². The number of para-hydroxylation sites is 1. The Balaban J connectivity index is 1.65. The Hall–Kier alpha value is -3.34. The molecule has 25 heavy (non-hydrogen) atoms. The van der Waals surface area contributed by atoms with Gasteiger partial charge in [0.25, 0.3) is 5.91 Å². The van der Waals surface area contributed by atoms with Gasteiger partial charge in [-0.25, -0.2) is 0 Å². The monoisotopic (exact) mass is 330 g/mol. The first-order chi connectivity index (χ1) is 12.3. The van der Waals surface area contributed by atoms with Gasteiger partial charge in [-0.05, 0) is 31.2 Å². The highest BCUT2D eigenvalue weighted by Gasteiger charge is 2.13. The number of aromatic amines is 1. The van der Waals surface area contributed by atoms with Crippen LogP contribution in [0.1, 0.15) is 17.3 Å². The van der Waals surface area contributed by atoms with E-state index in [2.05, 4.69) is 45.2 Å². The molecule has 0 aliphatic rings. The van der Waals surface area contributed by atoms with Gasteiger partial charge in [0.1, 0.15) is 0 Å². The Labute approximate surface area is 145 Å². The lowest BCUT2D eigenvalue weighted by Gasteiger charge is -2.05. The maximum atomic E-state index is 12.3. The van der Waals surface area contributed by atoms with Crippen molar-refractivity contribution in [2.75, 3.05) is 5.32 Å². The van der Waals surface area contributed by atoms with Gasteiger partial charge in [-0.3, -0.25) is 9.89 Å². The van der Waals surface area contributed by atoms with E-state index < -0.39 is 0 Å². The SMILES string of the molecule is CCn1c(-c2cc(NC(=O)c3ccccc3)n[nH]2)cc2ccccc21. The summed E-state index contributed by atoms with van der Waals surface area (Å²) in [6, 6.07) is 21.4. The molecule has 0 bridgehead atoms. The Morgan fingerprint density at radius 2 is 1.84 bits per heavy atom. The van der Waals surface area contributed by atoms with Crippen LogP contribution in [0.4, 0.5) is 5.82 Å². The molecule has 0 unspecified atom stereocenters. The molecule has 2 aromatic heterocycles. The molecule has 1 amide bonds. The van der Waals surface area contributed by atoms with Crippen molar-refractivity contribution in [3.8, 4) is 11.4 Å². The molecule has 2 heterocycles. The molecule has 0 atom stereocenters. The van der Waals surface area contributed by atoms with Crippen LogP contribution in [-0.4, -0.2) is 20.7 Å². The van der Waals surface area contributed by atoms with E-state index in [1.54, 1.807) is 12.1 Å². The van der Waals surface area contributed by atoms with Gasteiger partial charge in [0.2, 0.25) is 0 Å². The molecule has 124 valence electrons. The third-order valence-corrected chi connectivity index (χ3v) is 4.26. The van der Waals surface area contributed by atoms with Gasteiger partial charge in [-0.1, -0.05) is 36.4 Å². The van der Waals surface area contributed by atoms with Gasteiger partial charge in [-0.2, -0.15) is 5.10 Å². The van der Waals surface area contributed by atoms with E-state index in [9.17, 15) is 4.79 Å². The smallest absolute Gasteiger partial charge is 0.256 e. The van der Waals surface area contributed by atoms with Crippen LogP contribution in [0.5, 0.6) is 0 Å². The predicted octanol–water partition coefficient (Wildman–Crippen LogP) is 4.30. The number of benzene rings is 2. The summed E-state index contributed by atoms with van der Waals surface area (Å²) in [5, 5.41) is 11.3. The molecular weight excluding hydrogens is 312 g/mol. The number of nitrogens with zero attached hydrogens (tertiary/aromatic N) is 2. The number of H-pyrrole nitrogens is 1. The number of aryl methyl sites for hydroxylation is 1. The fraction of sp³-hybridized carbons (Fsp3) is 0.100. The van der Waals surface area contributed by atoms with Crippen molar-refractivity contribution < 1.29 is 4.79 Å². The number of aromatic nitrogens is 3. The van der Waals surface area contributed by atoms with Crippen LogP contribution < -0.4 is 5.32 Å². The number of carbonyl (C=O) groups excluding carboxylic acids is 1. The second kappa shape index (κ2) is 6.28. The summed E-state index contributed by atoms with van der Waals surface area (Å²) < 4.78 is 2.23. The van der Waals surface area contributed by atoms with Crippen molar-refractivity contribution in [3.05, 3.63) is 72.3 Å². The molecule has 0 saturated heterocycles. The number of nitrogens with one attached hydrogen (secondary N) is 2. The van der Waals surface area contributed by atoms with Crippen molar-refractivity contribution in [1.29, 1.82) is 0 Å². The number of hydrogen-bond acceptors (Lipinski definition) is 2. The van der Waals surface area contributed by atoms with Crippen LogP contribution >= 0.6 is 0 Å². The molecule has 2 N–H and O–H groups in total.